The minimum absolute atomic E-state index is 0.174. The molecular weight excluding hydrogens is 272 g/mol. The van der Waals surface area contributed by atoms with Crippen LogP contribution in [0.25, 0.3) is 10.8 Å². The summed E-state index contributed by atoms with van der Waals surface area (Å²) >= 11 is 0. The molecule has 22 heavy (non-hydrogen) atoms. The molecule has 0 N–H and O–H groups in total. The van der Waals surface area contributed by atoms with E-state index in [4.69, 9.17) is 0 Å². The van der Waals surface area contributed by atoms with Gasteiger partial charge >= 0.3 is 0 Å². The number of carbonyl (C=O) groups excluding carboxylic acids is 1. The van der Waals surface area contributed by atoms with Crippen molar-refractivity contribution < 1.29 is 4.79 Å². The summed E-state index contributed by atoms with van der Waals surface area (Å²) in [6.07, 6.45) is 2.15. The Labute approximate surface area is 132 Å². The van der Waals surface area contributed by atoms with Gasteiger partial charge in [0, 0.05) is 39.6 Å². The van der Waals surface area contributed by atoms with Gasteiger partial charge in [0.2, 0.25) is 5.91 Å². The maximum absolute atomic E-state index is 11.5. The van der Waals surface area contributed by atoms with Crippen LogP contribution in [0.2, 0.25) is 0 Å². The molecule has 1 saturated heterocycles. The van der Waals surface area contributed by atoms with Crippen LogP contribution in [-0.2, 0) is 11.3 Å². The molecule has 3 heteroatoms. The predicted octanol–water partition coefficient (Wildman–Crippen LogP) is 3.28. The van der Waals surface area contributed by atoms with Gasteiger partial charge < -0.3 is 4.90 Å². The first-order valence-corrected chi connectivity index (χ1v) is 8.07. The van der Waals surface area contributed by atoms with E-state index in [1.54, 1.807) is 6.92 Å². The van der Waals surface area contributed by atoms with Crippen molar-refractivity contribution in [3.05, 3.63) is 48.0 Å². The minimum atomic E-state index is 0.174. The highest BCUT2D eigenvalue weighted by atomic mass is 16.2. The summed E-state index contributed by atoms with van der Waals surface area (Å²) < 4.78 is 0. The van der Waals surface area contributed by atoms with Gasteiger partial charge in [0.05, 0.1) is 0 Å². The Kier molecular flexibility index (Phi) is 4.44. The largest absolute Gasteiger partial charge is 0.343 e. The lowest BCUT2D eigenvalue weighted by atomic mass is 10.0. The Morgan fingerprint density at radius 1 is 1.14 bits per heavy atom. The summed E-state index contributed by atoms with van der Waals surface area (Å²) in [6.45, 7) is 4.78. The van der Waals surface area contributed by atoms with Crippen molar-refractivity contribution in [3.8, 4) is 0 Å². The second-order valence-electron chi connectivity index (χ2n) is 6.32. The zero-order valence-electron chi connectivity index (χ0n) is 13.5. The third kappa shape index (κ3) is 3.30. The Balaban J connectivity index is 1.61. The topological polar surface area (TPSA) is 23.6 Å². The van der Waals surface area contributed by atoms with Crippen molar-refractivity contribution in [1.29, 1.82) is 0 Å². The molecule has 0 aliphatic carbocycles. The molecule has 1 fully saturated rings. The molecule has 0 unspecified atom stereocenters. The molecule has 1 aliphatic rings. The minimum Gasteiger partial charge on any atom is -0.343 e. The normalized spacial score (nSPS) is 16.8. The fraction of sp³-hybridized carbons (Fsp3) is 0.421. The van der Waals surface area contributed by atoms with Crippen molar-refractivity contribution in [2.45, 2.75) is 32.4 Å². The zero-order chi connectivity index (χ0) is 15.5. The second kappa shape index (κ2) is 6.49. The van der Waals surface area contributed by atoms with E-state index >= 15 is 0 Å². The number of fused-ring (bicyclic) bond motifs is 1. The lowest BCUT2D eigenvalue weighted by Gasteiger charge is -2.36. The molecule has 0 spiro atoms. The summed E-state index contributed by atoms with van der Waals surface area (Å²) in [6, 6.07) is 15.6. The summed E-state index contributed by atoms with van der Waals surface area (Å²) in [7, 11) is 1.92. The molecule has 0 radical (unpaired) electrons. The Hall–Kier alpha value is -1.87. The fourth-order valence-electron chi connectivity index (χ4n) is 3.32. The van der Waals surface area contributed by atoms with Crippen LogP contribution in [0.15, 0.2) is 42.5 Å². The van der Waals surface area contributed by atoms with Crippen LogP contribution in [0.3, 0.4) is 0 Å². The number of piperidine rings is 1. The van der Waals surface area contributed by atoms with E-state index in [1.807, 2.05) is 11.9 Å². The predicted molar refractivity (Wildman–Crippen MR) is 90.7 cm³/mol. The van der Waals surface area contributed by atoms with Gasteiger partial charge in [-0.1, -0.05) is 36.4 Å². The van der Waals surface area contributed by atoms with Crippen LogP contribution in [0.4, 0.5) is 0 Å². The molecule has 3 rings (SSSR count). The second-order valence-corrected chi connectivity index (χ2v) is 6.32. The number of carbonyl (C=O) groups is 1. The van der Waals surface area contributed by atoms with Crippen molar-refractivity contribution in [1.82, 2.24) is 9.80 Å². The number of benzene rings is 2. The molecule has 2 aromatic carbocycles. The van der Waals surface area contributed by atoms with E-state index in [0.29, 0.717) is 6.04 Å². The molecule has 0 aromatic heterocycles. The van der Waals surface area contributed by atoms with Gasteiger partial charge in [-0.05, 0) is 35.2 Å². The molecule has 0 atom stereocenters. The van der Waals surface area contributed by atoms with E-state index in [9.17, 15) is 4.79 Å². The Morgan fingerprint density at radius 3 is 2.50 bits per heavy atom. The van der Waals surface area contributed by atoms with Crippen LogP contribution >= 0.6 is 0 Å². The van der Waals surface area contributed by atoms with Gasteiger partial charge in [-0.3, -0.25) is 9.69 Å². The first kappa shape index (κ1) is 15.0. The lowest BCUT2D eigenvalue weighted by Crippen LogP contribution is -2.44. The Morgan fingerprint density at radius 2 is 1.82 bits per heavy atom. The van der Waals surface area contributed by atoms with Gasteiger partial charge in [0.15, 0.2) is 0 Å². The third-order valence-corrected chi connectivity index (χ3v) is 4.82. The standard InChI is InChI=1S/C19H24N2O/c1-15(22)20(2)19-9-11-21(12-10-19)14-16-7-8-17-5-3-4-6-18(17)13-16/h3-8,13,19H,9-12,14H2,1-2H3. The zero-order valence-corrected chi connectivity index (χ0v) is 13.5. The highest BCUT2D eigenvalue weighted by Gasteiger charge is 2.23. The average molecular weight is 296 g/mol. The first-order valence-electron chi connectivity index (χ1n) is 8.07. The van der Waals surface area contributed by atoms with Crippen molar-refractivity contribution in [3.63, 3.8) is 0 Å². The average Bonchev–Trinajstić information content (AvgIpc) is 2.55. The number of amides is 1. The van der Waals surface area contributed by atoms with Gasteiger partial charge in [0.1, 0.15) is 0 Å². The van der Waals surface area contributed by atoms with Crippen molar-refractivity contribution in [2.24, 2.45) is 0 Å². The monoisotopic (exact) mass is 296 g/mol. The van der Waals surface area contributed by atoms with Gasteiger partial charge in [-0.15, -0.1) is 0 Å². The summed E-state index contributed by atoms with van der Waals surface area (Å²) in [5.74, 6) is 0.174. The number of hydrogen-bond acceptors (Lipinski definition) is 2. The maximum atomic E-state index is 11.5. The molecular formula is C19H24N2O. The van der Waals surface area contributed by atoms with E-state index in [1.165, 1.54) is 16.3 Å². The van der Waals surface area contributed by atoms with Crippen molar-refractivity contribution >= 4 is 16.7 Å². The van der Waals surface area contributed by atoms with Gasteiger partial charge in [-0.2, -0.15) is 0 Å². The van der Waals surface area contributed by atoms with E-state index in [2.05, 4.69) is 47.4 Å². The highest BCUT2D eigenvalue weighted by Crippen LogP contribution is 2.20. The van der Waals surface area contributed by atoms with E-state index in [0.717, 1.165) is 32.5 Å². The SMILES string of the molecule is CC(=O)N(C)C1CCN(Cc2ccc3ccccc3c2)CC1. The third-order valence-electron chi connectivity index (χ3n) is 4.82. The van der Waals surface area contributed by atoms with Crippen LogP contribution in [0, 0.1) is 0 Å². The summed E-state index contributed by atoms with van der Waals surface area (Å²) in [4.78, 5) is 15.8. The molecule has 1 aliphatic heterocycles. The molecule has 0 bridgehead atoms. The lowest BCUT2D eigenvalue weighted by molar-refractivity contribution is -0.130. The Bertz CT molecular complexity index is 659. The van der Waals surface area contributed by atoms with Crippen molar-refractivity contribution in [2.75, 3.05) is 20.1 Å². The maximum Gasteiger partial charge on any atom is 0.219 e. The molecule has 116 valence electrons. The highest BCUT2D eigenvalue weighted by molar-refractivity contribution is 5.82. The molecule has 1 amide bonds. The number of hydrogen-bond donors (Lipinski definition) is 0. The molecule has 0 saturated carbocycles. The summed E-state index contributed by atoms with van der Waals surface area (Å²) in [5.41, 5.74) is 1.37. The van der Waals surface area contributed by atoms with Crippen LogP contribution in [-0.4, -0.2) is 41.9 Å². The van der Waals surface area contributed by atoms with Crippen LogP contribution < -0.4 is 0 Å². The molecule has 2 aromatic rings. The van der Waals surface area contributed by atoms with Crippen LogP contribution in [0.5, 0.6) is 0 Å². The first-order chi connectivity index (χ1) is 10.6. The fourth-order valence-corrected chi connectivity index (χ4v) is 3.32. The molecule has 1 heterocycles. The summed E-state index contributed by atoms with van der Waals surface area (Å²) in [5, 5.41) is 2.61. The van der Waals surface area contributed by atoms with Crippen LogP contribution in [0.1, 0.15) is 25.3 Å². The number of nitrogens with zero attached hydrogens (tertiary/aromatic N) is 2. The number of rotatable bonds is 3. The number of likely N-dealkylation sites (tertiary alicyclic amines) is 1. The van der Waals surface area contributed by atoms with E-state index < -0.39 is 0 Å². The van der Waals surface area contributed by atoms with Gasteiger partial charge in [-0.25, -0.2) is 0 Å². The van der Waals surface area contributed by atoms with E-state index in [-0.39, 0.29) is 5.91 Å². The molecule has 3 nitrogen and oxygen atoms in total. The van der Waals surface area contributed by atoms with Gasteiger partial charge in [0.25, 0.3) is 0 Å². The smallest absolute Gasteiger partial charge is 0.219 e. The quantitative estimate of drug-likeness (QED) is 0.868.